The fourth-order valence-electron chi connectivity index (χ4n) is 2.25. The zero-order valence-electron chi connectivity index (χ0n) is 12.3. The number of carbonyl (C=O) groups excluding carboxylic acids is 1. The van der Waals surface area contributed by atoms with E-state index >= 15 is 0 Å². The Bertz CT molecular complexity index is 939. The highest BCUT2D eigenvalue weighted by Crippen LogP contribution is 2.40. The van der Waals surface area contributed by atoms with Gasteiger partial charge in [-0.2, -0.15) is 0 Å². The fraction of sp³-hybridized carbons (Fsp3) is 0.133. The van der Waals surface area contributed by atoms with Gasteiger partial charge in [-0.25, -0.2) is 9.97 Å². The number of benzene rings is 1. The Labute approximate surface area is 146 Å². The van der Waals surface area contributed by atoms with Crippen LogP contribution in [-0.2, 0) is 0 Å². The average molecular weight is 367 g/mol. The number of hydrogen-bond acceptors (Lipinski definition) is 6. The van der Waals surface area contributed by atoms with Gasteiger partial charge in [-0.3, -0.25) is 4.79 Å². The van der Waals surface area contributed by atoms with E-state index in [0.29, 0.717) is 42.5 Å². The van der Waals surface area contributed by atoms with Gasteiger partial charge in [-0.1, -0.05) is 29.3 Å². The third kappa shape index (κ3) is 2.73. The molecule has 8 heteroatoms. The number of fused-ring (bicyclic) bond motifs is 1. The second-order valence-corrected chi connectivity index (χ2v) is 6.67. The predicted molar refractivity (Wildman–Crippen MR) is 96.8 cm³/mol. The van der Waals surface area contributed by atoms with Crippen molar-refractivity contribution in [2.75, 3.05) is 18.1 Å². The minimum absolute atomic E-state index is 0.100. The normalized spacial score (nSPS) is 11.0. The molecule has 0 fully saturated rings. The maximum atomic E-state index is 11.8. The van der Waals surface area contributed by atoms with E-state index in [1.807, 2.05) is 0 Å². The van der Waals surface area contributed by atoms with Crippen molar-refractivity contribution in [3.63, 3.8) is 0 Å². The van der Waals surface area contributed by atoms with Gasteiger partial charge in [-0.15, -0.1) is 11.3 Å². The van der Waals surface area contributed by atoms with Crippen LogP contribution >= 0.6 is 34.5 Å². The molecule has 0 radical (unpaired) electrons. The molecule has 0 atom stereocenters. The van der Waals surface area contributed by atoms with E-state index in [2.05, 4.69) is 15.3 Å². The number of ketones is 1. The maximum Gasteiger partial charge on any atom is 0.224 e. The first-order valence-corrected chi connectivity index (χ1v) is 8.23. The van der Waals surface area contributed by atoms with Gasteiger partial charge < -0.3 is 11.1 Å². The van der Waals surface area contributed by atoms with Gasteiger partial charge in [0.05, 0.1) is 31.7 Å². The molecule has 0 bridgehead atoms. The van der Waals surface area contributed by atoms with Crippen LogP contribution < -0.4 is 11.1 Å². The molecule has 3 rings (SSSR count). The number of rotatable bonds is 3. The number of aromatic nitrogens is 2. The lowest BCUT2D eigenvalue weighted by atomic mass is 10.1. The number of thiophene rings is 1. The molecule has 0 saturated heterocycles. The number of nitrogens with zero attached hydrogens (tertiary/aromatic N) is 2. The molecule has 2 aromatic heterocycles. The zero-order chi connectivity index (χ0) is 16.7. The van der Waals surface area contributed by atoms with Crippen LogP contribution in [0.4, 0.5) is 11.6 Å². The summed E-state index contributed by atoms with van der Waals surface area (Å²) in [5.74, 6) is 0.339. The first kappa shape index (κ1) is 16.0. The van der Waals surface area contributed by atoms with Crippen molar-refractivity contribution in [2.45, 2.75) is 6.92 Å². The first-order valence-electron chi connectivity index (χ1n) is 6.66. The molecule has 0 aliphatic heterocycles. The Morgan fingerprint density at radius 2 is 2.00 bits per heavy atom. The molecule has 0 amide bonds. The second-order valence-electron chi connectivity index (χ2n) is 4.86. The van der Waals surface area contributed by atoms with Gasteiger partial charge in [-0.05, 0) is 12.1 Å². The summed E-state index contributed by atoms with van der Waals surface area (Å²) < 4.78 is 0. The summed E-state index contributed by atoms with van der Waals surface area (Å²) in [7, 11) is 1.72. The van der Waals surface area contributed by atoms with Crippen LogP contribution in [0.25, 0.3) is 21.5 Å². The highest BCUT2D eigenvalue weighted by molar-refractivity contribution is 7.21. The van der Waals surface area contributed by atoms with E-state index in [0.717, 1.165) is 5.56 Å². The zero-order valence-corrected chi connectivity index (χ0v) is 14.6. The Hall–Kier alpha value is -1.89. The topological polar surface area (TPSA) is 80.9 Å². The molecule has 118 valence electrons. The predicted octanol–water partition coefficient (Wildman–Crippen LogP) is 4.49. The molecule has 1 aromatic carbocycles. The average Bonchev–Trinajstić information content (AvgIpc) is 2.86. The summed E-state index contributed by atoms with van der Waals surface area (Å²) in [5, 5.41) is 4.44. The number of nitrogens with one attached hydrogen (secondary N) is 1. The van der Waals surface area contributed by atoms with Crippen LogP contribution in [0.2, 0.25) is 10.0 Å². The SMILES string of the molecule is CNc1nc(-c2ccc(Cl)c(Cl)c2)c2c(N)c(C(C)=O)sc2n1. The van der Waals surface area contributed by atoms with Gasteiger partial charge in [0.25, 0.3) is 0 Å². The lowest BCUT2D eigenvalue weighted by Crippen LogP contribution is -1.99. The second kappa shape index (κ2) is 5.96. The van der Waals surface area contributed by atoms with E-state index in [1.54, 1.807) is 25.2 Å². The molecule has 0 saturated carbocycles. The molecule has 0 unspecified atom stereocenters. The van der Waals surface area contributed by atoms with Crippen molar-refractivity contribution < 1.29 is 4.79 Å². The van der Waals surface area contributed by atoms with Crippen LogP contribution in [0, 0.1) is 0 Å². The number of halogens is 2. The molecule has 3 N–H and O–H groups in total. The summed E-state index contributed by atoms with van der Waals surface area (Å²) in [6.07, 6.45) is 0. The lowest BCUT2D eigenvalue weighted by molar-refractivity contribution is 0.102. The quantitative estimate of drug-likeness (QED) is 0.667. The van der Waals surface area contributed by atoms with Crippen molar-refractivity contribution in [1.29, 1.82) is 0 Å². The van der Waals surface area contributed by atoms with E-state index in [4.69, 9.17) is 28.9 Å². The first-order chi connectivity index (χ1) is 10.9. The molecular weight excluding hydrogens is 355 g/mol. The molecule has 0 spiro atoms. The van der Waals surface area contributed by atoms with Crippen LogP contribution in [0.3, 0.4) is 0 Å². The number of hydrogen-bond donors (Lipinski definition) is 2. The van der Waals surface area contributed by atoms with Crippen LogP contribution in [0.1, 0.15) is 16.6 Å². The van der Waals surface area contributed by atoms with Gasteiger partial charge >= 0.3 is 0 Å². The van der Waals surface area contributed by atoms with E-state index in [-0.39, 0.29) is 5.78 Å². The summed E-state index contributed by atoms with van der Waals surface area (Å²) in [5.41, 5.74) is 7.92. The third-order valence-electron chi connectivity index (χ3n) is 3.32. The molecule has 5 nitrogen and oxygen atoms in total. The summed E-state index contributed by atoms with van der Waals surface area (Å²) in [6.45, 7) is 1.48. The van der Waals surface area contributed by atoms with Gasteiger partial charge in [0, 0.05) is 19.5 Å². The van der Waals surface area contributed by atoms with Crippen molar-refractivity contribution in [2.24, 2.45) is 0 Å². The molecule has 23 heavy (non-hydrogen) atoms. The van der Waals surface area contributed by atoms with Gasteiger partial charge in [0.1, 0.15) is 4.83 Å². The maximum absolute atomic E-state index is 11.8. The number of nitrogens with two attached hydrogens (primary N) is 1. The summed E-state index contributed by atoms with van der Waals surface area (Å²) >= 11 is 13.3. The van der Waals surface area contributed by atoms with E-state index < -0.39 is 0 Å². The van der Waals surface area contributed by atoms with Crippen molar-refractivity contribution in [3.8, 4) is 11.3 Å². The Balaban J connectivity index is 2.37. The Kier molecular flexibility index (Phi) is 4.14. The number of carbonyl (C=O) groups is 1. The van der Waals surface area contributed by atoms with Gasteiger partial charge in [0.15, 0.2) is 5.78 Å². The molecule has 2 heterocycles. The van der Waals surface area contributed by atoms with Gasteiger partial charge in [0.2, 0.25) is 5.95 Å². The molecular formula is C15H12Cl2N4OS. The minimum atomic E-state index is -0.100. The number of nitrogen functional groups attached to an aromatic ring is 1. The molecule has 0 aliphatic rings. The highest BCUT2D eigenvalue weighted by atomic mass is 35.5. The van der Waals surface area contributed by atoms with Crippen molar-refractivity contribution in [3.05, 3.63) is 33.1 Å². The Morgan fingerprint density at radius 1 is 1.26 bits per heavy atom. The van der Waals surface area contributed by atoms with Crippen LogP contribution in [0.5, 0.6) is 0 Å². The largest absolute Gasteiger partial charge is 0.397 e. The number of Topliss-reactive ketones (excluding diaryl/α,β-unsaturated/α-hetero) is 1. The Morgan fingerprint density at radius 3 is 2.61 bits per heavy atom. The molecule has 0 aliphatic carbocycles. The smallest absolute Gasteiger partial charge is 0.224 e. The lowest BCUT2D eigenvalue weighted by Gasteiger charge is -2.08. The standard InChI is InChI=1S/C15H12Cl2N4OS/c1-6(22)13-11(18)10-12(7-3-4-8(16)9(17)5-7)20-15(19-2)21-14(10)23-13/h3-5H,18H2,1-2H3,(H,19,20,21). The third-order valence-corrected chi connectivity index (χ3v) is 5.26. The fourth-order valence-corrected chi connectivity index (χ4v) is 3.54. The minimum Gasteiger partial charge on any atom is -0.397 e. The highest BCUT2D eigenvalue weighted by Gasteiger charge is 2.20. The summed E-state index contributed by atoms with van der Waals surface area (Å²) in [6, 6.07) is 5.22. The van der Waals surface area contributed by atoms with Crippen LogP contribution in [-0.4, -0.2) is 22.8 Å². The van der Waals surface area contributed by atoms with E-state index in [9.17, 15) is 4.79 Å². The summed E-state index contributed by atoms with van der Waals surface area (Å²) in [4.78, 5) is 21.8. The van der Waals surface area contributed by atoms with E-state index in [1.165, 1.54) is 18.3 Å². The number of anilines is 2. The monoisotopic (exact) mass is 366 g/mol. The van der Waals surface area contributed by atoms with Crippen molar-refractivity contribution >= 4 is 62.2 Å². The van der Waals surface area contributed by atoms with Crippen molar-refractivity contribution in [1.82, 2.24) is 9.97 Å². The molecule has 3 aromatic rings. The van der Waals surface area contributed by atoms with Crippen LogP contribution in [0.15, 0.2) is 18.2 Å².